The van der Waals surface area contributed by atoms with E-state index in [0.29, 0.717) is 17.5 Å². The van der Waals surface area contributed by atoms with Gasteiger partial charge in [0.05, 0.1) is 34.0 Å². The molecule has 3 fully saturated rings. The van der Waals surface area contributed by atoms with E-state index >= 15 is 4.39 Å². The first-order chi connectivity index (χ1) is 26.9. The summed E-state index contributed by atoms with van der Waals surface area (Å²) in [4.78, 5) is 58.0. The number of benzene rings is 3. The van der Waals surface area contributed by atoms with E-state index in [4.69, 9.17) is 16.1 Å². The molecule has 8 rings (SSSR count). The predicted octanol–water partition coefficient (Wildman–Crippen LogP) is 8.36. The van der Waals surface area contributed by atoms with Gasteiger partial charge in [0, 0.05) is 41.1 Å². The number of halogens is 2. The monoisotopic (exact) mass is 774 g/mol. The number of rotatable bonds is 9. The first-order valence-corrected chi connectivity index (χ1v) is 19.4. The first-order valence-electron chi connectivity index (χ1n) is 19.0. The molecular weight excluding hydrogens is 735 g/mol. The number of hydrogen-bond donors (Lipinski definition) is 1. The molecule has 4 aliphatic rings. The molecule has 1 saturated heterocycles. The van der Waals surface area contributed by atoms with Gasteiger partial charge in [-0.3, -0.25) is 34.4 Å². The molecule has 1 unspecified atom stereocenters. The Bertz CT molecular complexity index is 2370. The maximum Gasteiger partial charge on any atom is 0.262 e. The van der Waals surface area contributed by atoms with Crippen LogP contribution in [0.4, 0.5) is 21.5 Å². The molecule has 286 valence electrons. The molecule has 56 heavy (non-hydrogen) atoms. The van der Waals surface area contributed by atoms with Crippen LogP contribution in [0.2, 0.25) is 5.02 Å². The molecule has 0 bridgehead atoms. The van der Waals surface area contributed by atoms with Gasteiger partial charge in [-0.2, -0.15) is 5.26 Å². The summed E-state index contributed by atoms with van der Waals surface area (Å²) >= 11 is 6.91. The molecule has 1 aromatic heterocycles. The van der Waals surface area contributed by atoms with E-state index in [2.05, 4.69) is 57.6 Å². The van der Waals surface area contributed by atoms with Crippen LogP contribution in [-0.4, -0.2) is 52.5 Å². The lowest BCUT2D eigenvalue weighted by Crippen LogP contribution is -2.54. The minimum Gasteiger partial charge on any atom is -0.361 e. The van der Waals surface area contributed by atoms with E-state index in [9.17, 15) is 24.4 Å². The number of imide groups is 2. The molecule has 13 heteroatoms. The third-order valence-corrected chi connectivity index (χ3v) is 12.1. The number of nitrogens with zero attached hydrogens (tertiary/aromatic N) is 5. The van der Waals surface area contributed by atoms with Crippen molar-refractivity contribution in [2.75, 3.05) is 11.4 Å². The Morgan fingerprint density at radius 2 is 1.75 bits per heavy atom. The van der Waals surface area contributed by atoms with Gasteiger partial charge >= 0.3 is 0 Å². The normalized spacial score (nSPS) is 21.6. The SMILES string of the molecule is Cc1ccc(-c2c(C)noc2C)cc1N(CC1CCC(C=Nc2cc3c(cc2F)C(=O)N(C2CCC(=O)NC2=O)C3=O)CC1)c1ccc(C2(C#N)CC2)c(Cl)c1. The molecule has 4 aromatic rings. The van der Waals surface area contributed by atoms with Gasteiger partial charge in [0.15, 0.2) is 0 Å². The van der Waals surface area contributed by atoms with Crippen LogP contribution in [0.1, 0.15) is 94.7 Å². The highest BCUT2D eigenvalue weighted by Crippen LogP contribution is 2.51. The molecule has 0 radical (unpaired) electrons. The smallest absolute Gasteiger partial charge is 0.262 e. The Morgan fingerprint density at radius 3 is 2.39 bits per heavy atom. The Balaban J connectivity index is 1.00. The van der Waals surface area contributed by atoms with Crippen LogP contribution in [0.5, 0.6) is 0 Å². The summed E-state index contributed by atoms with van der Waals surface area (Å²) in [6, 6.07) is 16.0. The number of nitriles is 1. The lowest BCUT2D eigenvalue weighted by molar-refractivity contribution is -0.136. The second kappa shape index (κ2) is 14.4. The topological polar surface area (TPSA) is 149 Å². The zero-order chi connectivity index (χ0) is 39.5. The van der Waals surface area contributed by atoms with Gasteiger partial charge in [-0.05, 0) is 125 Å². The van der Waals surface area contributed by atoms with Crippen molar-refractivity contribution < 1.29 is 28.1 Å². The molecule has 3 aromatic carbocycles. The Hall–Kier alpha value is -5.67. The van der Waals surface area contributed by atoms with Crippen molar-refractivity contribution in [1.82, 2.24) is 15.4 Å². The average molecular weight is 775 g/mol. The fraction of sp³-hybridized carbons (Fsp3) is 0.372. The quantitative estimate of drug-likeness (QED) is 0.132. The predicted molar refractivity (Wildman–Crippen MR) is 208 cm³/mol. The molecule has 2 saturated carbocycles. The van der Waals surface area contributed by atoms with Crippen LogP contribution in [0.3, 0.4) is 0 Å². The summed E-state index contributed by atoms with van der Waals surface area (Å²) < 4.78 is 20.8. The fourth-order valence-electron chi connectivity index (χ4n) is 8.46. The van der Waals surface area contributed by atoms with Crippen LogP contribution >= 0.6 is 11.6 Å². The van der Waals surface area contributed by atoms with Crippen LogP contribution in [0, 0.1) is 49.8 Å². The number of piperidine rings is 1. The lowest BCUT2D eigenvalue weighted by atomic mass is 9.82. The number of nitrogens with one attached hydrogen (secondary N) is 1. The standard InChI is InChI=1S/C43H40ClFN6O5/c1-23-4-9-28(39-24(2)49-56-25(39)3)16-37(23)50(29-10-11-32(33(44)17-29)43(22-46)14-15-43)21-27-7-5-26(6-8-27)20-47-35-19-31-30(18-34(35)45)41(54)51(42(31)55)36-12-13-38(52)48-40(36)53/h4,9-11,16-20,26-27,36H,5-8,12-15,21H2,1-3H3,(H,48,52,53). The van der Waals surface area contributed by atoms with Crippen molar-refractivity contribution in [3.63, 3.8) is 0 Å². The molecule has 2 aliphatic heterocycles. The van der Waals surface area contributed by atoms with Crippen molar-refractivity contribution in [3.8, 4) is 17.2 Å². The van der Waals surface area contributed by atoms with Gasteiger partial charge in [0.2, 0.25) is 11.8 Å². The maximum absolute atomic E-state index is 15.3. The van der Waals surface area contributed by atoms with Crippen LogP contribution in [0.15, 0.2) is 58.0 Å². The number of carbonyl (C=O) groups excluding carboxylic acids is 4. The first kappa shape index (κ1) is 37.3. The van der Waals surface area contributed by atoms with E-state index in [-0.39, 0.29) is 35.6 Å². The highest BCUT2D eigenvalue weighted by Gasteiger charge is 2.47. The van der Waals surface area contributed by atoms with Crippen LogP contribution in [-0.2, 0) is 15.0 Å². The number of aryl methyl sites for hydroxylation is 3. The number of hydrogen-bond acceptors (Lipinski definition) is 9. The molecule has 2 aliphatic carbocycles. The average Bonchev–Trinajstić information content (AvgIpc) is 3.85. The van der Waals surface area contributed by atoms with Gasteiger partial charge < -0.3 is 9.42 Å². The minimum atomic E-state index is -1.13. The van der Waals surface area contributed by atoms with E-state index in [1.54, 1.807) is 6.21 Å². The second-order valence-corrected chi connectivity index (χ2v) is 15.9. The Labute approximate surface area is 328 Å². The van der Waals surface area contributed by atoms with Gasteiger partial charge in [-0.15, -0.1) is 0 Å². The molecule has 1 N–H and O–H groups in total. The summed E-state index contributed by atoms with van der Waals surface area (Å²) in [5.41, 5.74) is 6.02. The summed E-state index contributed by atoms with van der Waals surface area (Å²) in [5.74, 6) is -2.27. The highest BCUT2D eigenvalue weighted by atomic mass is 35.5. The van der Waals surface area contributed by atoms with Gasteiger partial charge in [0.25, 0.3) is 11.8 Å². The molecule has 11 nitrogen and oxygen atoms in total. The lowest BCUT2D eigenvalue weighted by Gasteiger charge is -2.34. The van der Waals surface area contributed by atoms with Crippen LogP contribution in [0.25, 0.3) is 11.1 Å². The molecule has 0 spiro atoms. The van der Waals surface area contributed by atoms with E-state index in [1.807, 2.05) is 26.0 Å². The van der Waals surface area contributed by atoms with Crippen molar-refractivity contribution in [2.45, 2.75) is 83.6 Å². The summed E-state index contributed by atoms with van der Waals surface area (Å²) in [7, 11) is 0. The second-order valence-electron chi connectivity index (χ2n) is 15.5. The summed E-state index contributed by atoms with van der Waals surface area (Å²) in [5, 5.41) is 16.8. The number of anilines is 2. The fourth-order valence-corrected chi connectivity index (χ4v) is 8.82. The molecular formula is C43H40ClFN6O5. The maximum atomic E-state index is 15.3. The van der Waals surface area contributed by atoms with Crippen LogP contribution < -0.4 is 10.2 Å². The largest absolute Gasteiger partial charge is 0.361 e. The Morgan fingerprint density at radius 1 is 1.02 bits per heavy atom. The molecule has 3 heterocycles. The number of fused-ring (bicyclic) bond motifs is 1. The van der Waals surface area contributed by atoms with E-state index in [0.717, 1.165) is 94.6 Å². The zero-order valence-electron chi connectivity index (χ0n) is 31.3. The summed E-state index contributed by atoms with van der Waals surface area (Å²) in [6.07, 6.45) is 6.76. The molecule has 4 amide bonds. The van der Waals surface area contributed by atoms with Gasteiger partial charge in [-0.25, -0.2) is 4.39 Å². The van der Waals surface area contributed by atoms with Crippen molar-refractivity contribution >= 4 is 58.5 Å². The number of aromatic nitrogens is 1. The third kappa shape index (κ3) is 6.68. The third-order valence-electron chi connectivity index (χ3n) is 11.8. The molecule has 1 atom stereocenters. The van der Waals surface area contributed by atoms with Crippen molar-refractivity contribution in [2.24, 2.45) is 16.8 Å². The number of carbonyl (C=O) groups is 4. The zero-order valence-corrected chi connectivity index (χ0v) is 32.1. The van der Waals surface area contributed by atoms with E-state index in [1.165, 1.54) is 6.07 Å². The number of aliphatic imine (C=N–C) groups is 1. The Kier molecular flexibility index (Phi) is 9.61. The van der Waals surface area contributed by atoms with Gasteiger partial charge in [0.1, 0.15) is 17.6 Å². The van der Waals surface area contributed by atoms with Crippen molar-refractivity contribution in [1.29, 1.82) is 5.26 Å². The number of amides is 4. The minimum absolute atomic E-state index is 0.00434. The van der Waals surface area contributed by atoms with Crippen molar-refractivity contribution in [3.05, 3.63) is 93.1 Å². The van der Waals surface area contributed by atoms with Gasteiger partial charge in [-0.1, -0.05) is 35.0 Å². The summed E-state index contributed by atoms with van der Waals surface area (Å²) in [6.45, 7) is 6.65. The van der Waals surface area contributed by atoms with E-state index < -0.39 is 40.9 Å². The highest BCUT2D eigenvalue weighted by molar-refractivity contribution is 6.32.